The van der Waals surface area contributed by atoms with Gasteiger partial charge in [-0.05, 0) is 71.0 Å². The Bertz CT molecular complexity index is 1420. The van der Waals surface area contributed by atoms with Gasteiger partial charge in [-0.15, -0.1) is 0 Å². The molecule has 2 atom stereocenters. The number of carbonyl (C=O) groups excluding carboxylic acids is 1. The molecule has 0 spiro atoms. The second-order valence-electron chi connectivity index (χ2n) is 11.2. The third-order valence-corrected chi connectivity index (χ3v) is 9.03. The SMILES string of the molecule is CNCCCCN(C)C(=O)c1ccc2c(-c3nc(N[C@H]4CC[C@H](C)C4)ncc3C(F)(F)F)c[nH]c2c1P(C)(C)=O. The summed E-state index contributed by atoms with van der Waals surface area (Å²) >= 11 is 0. The lowest BCUT2D eigenvalue weighted by atomic mass is 10.0. The summed E-state index contributed by atoms with van der Waals surface area (Å²) in [6.07, 6.45) is 2.12. The fourth-order valence-electron chi connectivity index (χ4n) is 5.45. The third-order valence-electron chi connectivity index (χ3n) is 7.49. The van der Waals surface area contributed by atoms with Crippen molar-refractivity contribution in [3.05, 3.63) is 35.7 Å². The number of H-pyrrole nitrogens is 1. The van der Waals surface area contributed by atoms with Gasteiger partial charge in [0.2, 0.25) is 5.95 Å². The fourth-order valence-corrected chi connectivity index (χ4v) is 6.93. The minimum absolute atomic E-state index is 0.101. The Balaban J connectivity index is 1.78. The van der Waals surface area contributed by atoms with Crippen molar-refractivity contribution < 1.29 is 22.5 Å². The average molecular weight is 579 g/mol. The molecule has 0 bridgehead atoms. The van der Waals surface area contributed by atoms with E-state index in [1.54, 1.807) is 37.4 Å². The number of nitrogens with zero attached hydrogens (tertiary/aromatic N) is 3. The lowest BCUT2D eigenvalue weighted by Gasteiger charge is -2.21. The Labute approximate surface area is 232 Å². The number of unbranched alkanes of at least 4 members (excludes halogenated alkanes) is 1. The second-order valence-corrected chi connectivity index (χ2v) is 14.3. The molecule has 3 N–H and O–H groups in total. The van der Waals surface area contributed by atoms with Gasteiger partial charge in [0.15, 0.2) is 0 Å². The molecular formula is C28H38F3N6O2P. The molecule has 1 aromatic carbocycles. The van der Waals surface area contributed by atoms with E-state index in [1.807, 2.05) is 7.05 Å². The van der Waals surface area contributed by atoms with Crippen LogP contribution in [-0.4, -0.2) is 72.3 Å². The molecule has 2 heterocycles. The van der Waals surface area contributed by atoms with E-state index in [2.05, 4.69) is 32.5 Å². The number of aromatic amines is 1. The van der Waals surface area contributed by atoms with Crippen molar-refractivity contribution in [2.45, 2.75) is 51.2 Å². The fraction of sp³-hybridized carbons (Fsp3) is 0.536. The molecule has 0 saturated heterocycles. The van der Waals surface area contributed by atoms with Crippen LogP contribution in [0.25, 0.3) is 22.2 Å². The van der Waals surface area contributed by atoms with Crippen LogP contribution < -0.4 is 15.9 Å². The van der Waals surface area contributed by atoms with E-state index < -0.39 is 18.9 Å². The number of fused-ring (bicyclic) bond motifs is 1. The third kappa shape index (κ3) is 6.52. The largest absolute Gasteiger partial charge is 0.419 e. The molecule has 3 aromatic rings. The predicted octanol–water partition coefficient (Wildman–Crippen LogP) is 5.56. The molecule has 1 fully saturated rings. The molecule has 1 saturated carbocycles. The van der Waals surface area contributed by atoms with E-state index in [9.17, 15) is 22.5 Å². The van der Waals surface area contributed by atoms with E-state index in [0.717, 1.165) is 44.8 Å². The van der Waals surface area contributed by atoms with Crippen molar-refractivity contribution in [2.24, 2.45) is 5.92 Å². The van der Waals surface area contributed by atoms with Crippen molar-refractivity contribution in [1.82, 2.24) is 25.2 Å². The Morgan fingerprint density at radius 1 is 1.23 bits per heavy atom. The molecule has 40 heavy (non-hydrogen) atoms. The van der Waals surface area contributed by atoms with Gasteiger partial charge in [-0.2, -0.15) is 13.2 Å². The zero-order chi connectivity index (χ0) is 29.2. The van der Waals surface area contributed by atoms with Gasteiger partial charge < -0.3 is 25.1 Å². The second kappa shape index (κ2) is 11.9. The van der Waals surface area contributed by atoms with Crippen LogP contribution in [0, 0.1) is 5.92 Å². The molecule has 12 heteroatoms. The van der Waals surface area contributed by atoms with Crippen LogP contribution in [0.4, 0.5) is 19.1 Å². The lowest BCUT2D eigenvalue weighted by Crippen LogP contribution is -2.32. The number of rotatable bonds is 10. The van der Waals surface area contributed by atoms with E-state index >= 15 is 0 Å². The van der Waals surface area contributed by atoms with E-state index in [0.29, 0.717) is 28.7 Å². The first kappa shape index (κ1) is 30.1. The maximum atomic E-state index is 14.1. The number of hydrogen-bond acceptors (Lipinski definition) is 6. The Kier molecular flexibility index (Phi) is 8.95. The quantitative estimate of drug-likeness (QED) is 0.215. The highest BCUT2D eigenvalue weighted by Crippen LogP contribution is 2.43. The summed E-state index contributed by atoms with van der Waals surface area (Å²) in [5.74, 6) is 0.387. The van der Waals surface area contributed by atoms with Gasteiger partial charge in [-0.1, -0.05) is 13.0 Å². The number of benzene rings is 1. The molecule has 218 valence electrons. The molecule has 0 radical (unpaired) electrons. The van der Waals surface area contributed by atoms with E-state index in [4.69, 9.17) is 0 Å². The monoisotopic (exact) mass is 578 g/mol. The molecular weight excluding hydrogens is 540 g/mol. The van der Waals surface area contributed by atoms with Crippen molar-refractivity contribution >= 4 is 35.2 Å². The highest BCUT2D eigenvalue weighted by Gasteiger charge is 2.37. The summed E-state index contributed by atoms with van der Waals surface area (Å²) in [5.41, 5.74) is -0.360. The molecule has 1 aliphatic rings. The molecule has 2 aromatic heterocycles. The minimum atomic E-state index is -4.68. The smallest absolute Gasteiger partial charge is 0.360 e. The lowest BCUT2D eigenvalue weighted by molar-refractivity contribution is -0.137. The van der Waals surface area contributed by atoms with Gasteiger partial charge in [0.05, 0.1) is 16.8 Å². The van der Waals surface area contributed by atoms with Gasteiger partial charge in [0.1, 0.15) is 12.7 Å². The van der Waals surface area contributed by atoms with Crippen LogP contribution >= 0.6 is 7.14 Å². The van der Waals surface area contributed by atoms with Crippen molar-refractivity contribution in [3.63, 3.8) is 0 Å². The Morgan fingerprint density at radius 3 is 2.60 bits per heavy atom. The summed E-state index contributed by atoms with van der Waals surface area (Å²) in [4.78, 5) is 26.4. The summed E-state index contributed by atoms with van der Waals surface area (Å²) in [6.45, 7) is 6.62. The van der Waals surface area contributed by atoms with Gasteiger partial charge in [-0.25, -0.2) is 9.97 Å². The van der Waals surface area contributed by atoms with Crippen molar-refractivity contribution in [2.75, 3.05) is 45.8 Å². The van der Waals surface area contributed by atoms with Crippen LogP contribution in [-0.2, 0) is 10.7 Å². The highest BCUT2D eigenvalue weighted by atomic mass is 31.2. The first-order chi connectivity index (χ1) is 18.8. The van der Waals surface area contributed by atoms with Crippen LogP contribution in [0.1, 0.15) is 54.9 Å². The Morgan fingerprint density at radius 2 is 1.98 bits per heavy atom. The molecule has 8 nitrogen and oxygen atoms in total. The van der Waals surface area contributed by atoms with Crippen LogP contribution in [0.15, 0.2) is 24.5 Å². The van der Waals surface area contributed by atoms with Crippen LogP contribution in [0.5, 0.6) is 0 Å². The number of amides is 1. The topological polar surface area (TPSA) is 103 Å². The van der Waals surface area contributed by atoms with Gasteiger partial charge in [0, 0.05) is 48.3 Å². The number of halogens is 3. The predicted molar refractivity (Wildman–Crippen MR) is 154 cm³/mol. The van der Waals surface area contributed by atoms with Gasteiger partial charge in [-0.3, -0.25) is 4.79 Å². The summed E-state index contributed by atoms with van der Waals surface area (Å²) in [6, 6.07) is 3.27. The van der Waals surface area contributed by atoms with E-state index in [1.165, 1.54) is 6.20 Å². The number of hydrogen-bond donors (Lipinski definition) is 3. The number of carbonyl (C=O) groups is 1. The van der Waals surface area contributed by atoms with Crippen LogP contribution in [0.2, 0.25) is 0 Å². The maximum absolute atomic E-state index is 14.1. The number of alkyl halides is 3. The van der Waals surface area contributed by atoms with E-state index in [-0.39, 0.29) is 34.7 Å². The molecule has 0 unspecified atom stereocenters. The van der Waals surface area contributed by atoms with Gasteiger partial charge in [0.25, 0.3) is 5.91 Å². The van der Waals surface area contributed by atoms with Gasteiger partial charge >= 0.3 is 6.18 Å². The normalized spacial score (nSPS) is 17.9. The summed E-state index contributed by atoms with van der Waals surface area (Å²) in [7, 11) is 0.520. The summed E-state index contributed by atoms with van der Waals surface area (Å²) < 4.78 is 55.8. The molecule has 4 rings (SSSR count). The average Bonchev–Trinajstić information content (AvgIpc) is 3.49. The zero-order valence-electron chi connectivity index (χ0n) is 23.7. The van der Waals surface area contributed by atoms with Crippen molar-refractivity contribution in [1.29, 1.82) is 0 Å². The van der Waals surface area contributed by atoms with Crippen molar-refractivity contribution in [3.8, 4) is 11.3 Å². The first-order valence-corrected chi connectivity index (χ1v) is 16.2. The van der Waals surface area contributed by atoms with Crippen LogP contribution in [0.3, 0.4) is 0 Å². The minimum Gasteiger partial charge on any atom is -0.360 e. The molecule has 1 aliphatic carbocycles. The number of aromatic nitrogens is 3. The highest BCUT2D eigenvalue weighted by molar-refractivity contribution is 7.70. The standard InChI is InChI=1S/C28H38F3N6O2P/c1-17-8-9-18(14-17)35-27-34-16-22(28(29,30)31)23(36-27)21-15-33-24-19(21)10-11-20(25(24)40(4,5)39)26(38)37(3)13-7-6-12-32-2/h10-11,15-18,32-33H,6-9,12-14H2,1-5H3,(H,34,35,36)/t17-,18-/m0/s1. The Hall–Kier alpha value is -2.91. The summed E-state index contributed by atoms with van der Waals surface area (Å²) in [5, 5.41) is 7.01. The molecule has 0 aliphatic heterocycles. The first-order valence-electron chi connectivity index (χ1n) is 13.6. The molecule has 1 amide bonds. The number of nitrogens with one attached hydrogen (secondary N) is 3. The zero-order valence-corrected chi connectivity index (χ0v) is 24.5. The maximum Gasteiger partial charge on any atom is 0.419 e. The number of anilines is 1.